The van der Waals surface area contributed by atoms with Gasteiger partial charge in [0.15, 0.2) is 10.5 Å². The summed E-state index contributed by atoms with van der Waals surface area (Å²) in [5.41, 5.74) is 1.09. The van der Waals surface area contributed by atoms with Gasteiger partial charge in [0, 0.05) is 5.56 Å². The molecule has 1 aromatic heterocycles. The molecular formula is C13H11BrO3. The van der Waals surface area contributed by atoms with Crippen LogP contribution in [0.5, 0.6) is 5.75 Å². The molecule has 0 fully saturated rings. The summed E-state index contributed by atoms with van der Waals surface area (Å²) < 4.78 is 10.9. The van der Waals surface area contributed by atoms with Crippen molar-refractivity contribution < 1.29 is 13.9 Å². The minimum absolute atomic E-state index is 0.0906. The Labute approximate surface area is 108 Å². The monoisotopic (exact) mass is 294 g/mol. The second kappa shape index (κ2) is 5.19. The molecule has 2 rings (SSSR count). The third-order valence-electron chi connectivity index (χ3n) is 2.27. The molecule has 0 bridgehead atoms. The van der Waals surface area contributed by atoms with E-state index in [0.29, 0.717) is 28.2 Å². The number of furan rings is 1. The van der Waals surface area contributed by atoms with Gasteiger partial charge >= 0.3 is 0 Å². The average Bonchev–Trinajstić information content (AvgIpc) is 2.75. The molecule has 0 unspecified atom stereocenters. The Morgan fingerprint density at radius 2 is 2.24 bits per heavy atom. The van der Waals surface area contributed by atoms with Crippen molar-refractivity contribution in [1.29, 1.82) is 0 Å². The van der Waals surface area contributed by atoms with Crippen LogP contribution >= 0.6 is 15.9 Å². The lowest BCUT2D eigenvalue weighted by Gasteiger charge is -2.04. The lowest BCUT2D eigenvalue weighted by molar-refractivity contribution is 0.103. The summed E-state index contributed by atoms with van der Waals surface area (Å²) in [6.07, 6.45) is 1.48. The number of carbonyl (C=O) groups is 1. The van der Waals surface area contributed by atoms with Gasteiger partial charge in [-0.2, -0.15) is 0 Å². The van der Waals surface area contributed by atoms with Crippen LogP contribution in [0.1, 0.15) is 22.8 Å². The topological polar surface area (TPSA) is 39.4 Å². The molecule has 0 atom stereocenters. The summed E-state index contributed by atoms with van der Waals surface area (Å²) in [6, 6.07) is 8.74. The van der Waals surface area contributed by atoms with Gasteiger partial charge in [-0.25, -0.2) is 0 Å². The molecular weight excluding hydrogens is 284 g/mol. The lowest BCUT2D eigenvalue weighted by atomic mass is 10.1. The summed E-state index contributed by atoms with van der Waals surface area (Å²) >= 11 is 3.19. The van der Waals surface area contributed by atoms with E-state index in [4.69, 9.17) is 9.15 Å². The van der Waals surface area contributed by atoms with Crippen LogP contribution in [-0.4, -0.2) is 12.4 Å². The molecule has 0 aliphatic heterocycles. The highest BCUT2D eigenvalue weighted by atomic mass is 79.9. The van der Waals surface area contributed by atoms with Gasteiger partial charge in [0.05, 0.1) is 18.4 Å². The third-order valence-corrected chi connectivity index (χ3v) is 2.88. The number of benzene rings is 1. The summed E-state index contributed by atoms with van der Waals surface area (Å²) in [6.45, 7) is 2.48. The van der Waals surface area contributed by atoms with Gasteiger partial charge in [0.1, 0.15) is 5.75 Å². The van der Waals surface area contributed by atoms with E-state index in [2.05, 4.69) is 15.9 Å². The highest BCUT2D eigenvalue weighted by molar-refractivity contribution is 9.10. The summed E-state index contributed by atoms with van der Waals surface area (Å²) in [5.74, 6) is 0.602. The van der Waals surface area contributed by atoms with Gasteiger partial charge < -0.3 is 9.15 Å². The van der Waals surface area contributed by atoms with Gasteiger partial charge in [0.2, 0.25) is 0 Å². The molecule has 0 aliphatic rings. The molecule has 88 valence electrons. The third kappa shape index (κ3) is 2.58. The van der Waals surface area contributed by atoms with Crippen molar-refractivity contribution in [3.05, 3.63) is 52.4 Å². The molecule has 0 saturated heterocycles. The first-order valence-electron chi connectivity index (χ1n) is 5.23. The maximum atomic E-state index is 12.1. The number of hydrogen-bond acceptors (Lipinski definition) is 3. The molecule has 1 aromatic carbocycles. The predicted molar refractivity (Wildman–Crippen MR) is 67.5 cm³/mol. The van der Waals surface area contributed by atoms with Crippen molar-refractivity contribution in [3.63, 3.8) is 0 Å². The number of carbonyl (C=O) groups excluding carboxylic acids is 1. The lowest BCUT2D eigenvalue weighted by Crippen LogP contribution is -2.01. The molecule has 0 amide bonds. The maximum Gasteiger partial charge on any atom is 0.197 e. The second-order valence-electron chi connectivity index (χ2n) is 3.40. The quantitative estimate of drug-likeness (QED) is 0.808. The summed E-state index contributed by atoms with van der Waals surface area (Å²) in [5, 5.41) is 0. The SMILES string of the molecule is CCOc1cccc(C(=O)c2ccoc2Br)c1. The van der Waals surface area contributed by atoms with E-state index < -0.39 is 0 Å². The normalized spacial score (nSPS) is 10.2. The van der Waals surface area contributed by atoms with Gasteiger partial charge in [-0.15, -0.1) is 0 Å². The molecule has 3 nitrogen and oxygen atoms in total. The highest BCUT2D eigenvalue weighted by Crippen LogP contribution is 2.22. The van der Waals surface area contributed by atoms with Crippen LogP contribution in [0, 0.1) is 0 Å². The van der Waals surface area contributed by atoms with Crippen molar-refractivity contribution in [3.8, 4) is 5.75 Å². The predicted octanol–water partition coefficient (Wildman–Crippen LogP) is 3.67. The molecule has 0 spiro atoms. The first-order chi connectivity index (χ1) is 8.22. The first-order valence-corrected chi connectivity index (χ1v) is 6.02. The second-order valence-corrected chi connectivity index (χ2v) is 4.12. The molecule has 0 saturated carbocycles. The Bertz CT molecular complexity index is 531. The van der Waals surface area contributed by atoms with E-state index in [1.165, 1.54) is 6.26 Å². The zero-order valence-electron chi connectivity index (χ0n) is 9.27. The van der Waals surface area contributed by atoms with Crippen LogP contribution in [0.25, 0.3) is 0 Å². The molecule has 17 heavy (non-hydrogen) atoms. The van der Waals surface area contributed by atoms with Gasteiger partial charge in [-0.05, 0) is 41.1 Å². The Balaban J connectivity index is 2.31. The molecule has 1 heterocycles. The van der Waals surface area contributed by atoms with Crippen molar-refractivity contribution in [2.45, 2.75) is 6.92 Å². The fourth-order valence-corrected chi connectivity index (χ4v) is 1.93. The van der Waals surface area contributed by atoms with E-state index in [1.54, 1.807) is 24.3 Å². The van der Waals surface area contributed by atoms with Crippen LogP contribution in [-0.2, 0) is 0 Å². The minimum atomic E-state index is -0.0906. The maximum absolute atomic E-state index is 12.1. The van der Waals surface area contributed by atoms with E-state index in [9.17, 15) is 4.79 Å². The van der Waals surface area contributed by atoms with Crippen LogP contribution in [0.3, 0.4) is 0 Å². The van der Waals surface area contributed by atoms with E-state index >= 15 is 0 Å². The van der Waals surface area contributed by atoms with Crippen molar-refractivity contribution in [2.24, 2.45) is 0 Å². The van der Waals surface area contributed by atoms with Gasteiger partial charge in [-0.3, -0.25) is 4.79 Å². The minimum Gasteiger partial charge on any atom is -0.494 e. The fourth-order valence-electron chi connectivity index (χ4n) is 1.51. The van der Waals surface area contributed by atoms with Crippen LogP contribution in [0.15, 0.2) is 45.7 Å². The highest BCUT2D eigenvalue weighted by Gasteiger charge is 2.15. The molecule has 2 aromatic rings. The van der Waals surface area contributed by atoms with Crippen LogP contribution in [0.2, 0.25) is 0 Å². The Morgan fingerprint density at radius 3 is 2.88 bits per heavy atom. The first kappa shape index (κ1) is 11.9. The Hall–Kier alpha value is -1.55. The largest absolute Gasteiger partial charge is 0.494 e. The number of ether oxygens (including phenoxy) is 1. The standard InChI is InChI=1S/C13H11BrO3/c1-2-16-10-5-3-4-9(8-10)12(15)11-6-7-17-13(11)14/h3-8H,2H2,1H3. The molecule has 0 aliphatic carbocycles. The van der Waals surface area contributed by atoms with E-state index in [0.717, 1.165) is 0 Å². The smallest absolute Gasteiger partial charge is 0.197 e. The summed E-state index contributed by atoms with van der Waals surface area (Å²) in [4.78, 5) is 12.1. The van der Waals surface area contributed by atoms with Gasteiger partial charge in [-0.1, -0.05) is 12.1 Å². The average molecular weight is 295 g/mol. The summed E-state index contributed by atoms with van der Waals surface area (Å²) in [7, 11) is 0. The number of ketones is 1. The van der Waals surface area contributed by atoms with Crippen LogP contribution < -0.4 is 4.74 Å². The zero-order chi connectivity index (χ0) is 12.3. The Kier molecular flexibility index (Phi) is 3.64. The molecule has 4 heteroatoms. The van der Waals surface area contributed by atoms with E-state index in [-0.39, 0.29) is 5.78 Å². The number of halogens is 1. The molecule has 0 N–H and O–H groups in total. The molecule has 0 radical (unpaired) electrons. The zero-order valence-corrected chi connectivity index (χ0v) is 10.9. The Morgan fingerprint density at radius 1 is 1.41 bits per heavy atom. The van der Waals surface area contributed by atoms with Crippen molar-refractivity contribution in [1.82, 2.24) is 0 Å². The number of rotatable bonds is 4. The van der Waals surface area contributed by atoms with Crippen molar-refractivity contribution >= 4 is 21.7 Å². The van der Waals surface area contributed by atoms with Crippen molar-refractivity contribution in [2.75, 3.05) is 6.61 Å². The van der Waals surface area contributed by atoms with Gasteiger partial charge in [0.25, 0.3) is 0 Å². The van der Waals surface area contributed by atoms with Crippen LogP contribution in [0.4, 0.5) is 0 Å². The fraction of sp³-hybridized carbons (Fsp3) is 0.154. The van der Waals surface area contributed by atoms with E-state index in [1.807, 2.05) is 13.0 Å². The number of hydrogen-bond donors (Lipinski definition) is 0.